The van der Waals surface area contributed by atoms with Gasteiger partial charge in [0.15, 0.2) is 5.96 Å². The number of aliphatic imine (C=N–C) groups is 1. The van der Waals surface area contributed by atoms with Crippen molar-refractivity contribution in [3.05, 3.63) is 48.3 Å². The van der Waals surface area contributed by atoms with E-state index in [1.165, 1.54) is 5.56 Å². The zero-order chi connectivity index (χ0) is 18.0. The smallest absolute Gasteiger partial charge is 0.191 e. The van der Waals surface area contributed by atoms with Crippen molar-refractivity contribution in [2.24, 2.45) is 4.99 Å². The second kappa shape index (κ2) is 9.94. The van der Waals surface area contributed by atoms with Crippen LogP contribution in [-0.4, -0.2) is 55.3 Å². The van der Waals surface area contributed by atoms with Gasteiger partial charge in [-0.25, -0.2) is 4.68 Å². The summed E-state index contributed by atoms with van der Waals surface area (Å²) in [6, 6.07) is 10.2. The van der Waals surface area contributed by atoms with E-state index < -0.39 is 0 Å². The number of nitrogens with one attached hydrogen (secondary N) is 2. The second-order valence-corrected chi connectivity index (χ2v) is 6.18. The van der Waals surface area contributed by atoms with E-state index in [1.807, 2.05) is 16.9 Å². The van der Waals surface area contributed by atoms with Crippen molar-refractivity contribution in [2.45, 2.75) is 25.5 Å². The fourth-order valence-corrected chi connectivity index (χ4v) is 2.77. The molecule has 140 valence electrons. The average Bonchev–Trinajstić information content (AvgIpc) is 3.38. The van der Waals surface area contributed by atoms with Crippen LogP contribution in [0.15, 0.2) is 47.7 Å². The van der Waals surface area contributed by atoms with E-state index >= 15 is 0 Å². The molecule has 1 unspecified atom stereocenters. The Kier molecular flexibility index (Phi) is 7.04. The van der Waals surface area contributed by atoms with Gasteiger partial charge in [0.1, 0.15) is 0 Å². The minimum atomic E-state index is 0.275. The molecular formula is C19H27N5O2. The first-order valence-electron chi connectivity index (χ1n) is 9.08. The molecule has 7 heteroatoms. The third-order valence-electron chi connectivity index (χ3n) is 4.24. The third-order valence-corrected chi connectivity index (χ3v) is 4.24. The molecule has 3 rings (SSSR count). The first kappa shape index (κ1) is 18.4. The maximum atomic E-state index is 5.76. The molecule has 7 nitrogen and oxygen atoms in total. The molecule has 1 aliphatic rings. The largest absolute Gasteiger partial charge is 0.379 e. The molecule has 1 saturated heterocycles. The fraction of sp³-hybridized carbons (Fsp3) is 0.474. The molecule has 0 saturated carbocycles. The normalized spacial score (nSPS) is 17.4. The molecule has 2 aromatic rings. The number of rotatable bonds is 8. The van der Waals surface area contributed by atoms with E-state index in [-0.39, 0.29) is 6.10 Å². The highest BCUT2D eigenvalue weighted by atomic mass is 16.5. The van der Waals surface area contributed by atoms with Crippen LogP contribution in [0.2, 0.25) is 0 Å². The van der Waals surface area contributed by atoms with E-state index in [0.717, 1.165) is 57.4 Å². The maximum Gasteiger partial charge on any atom is 0.191 e. The summed E-state index contributed by atoms with van der Waals surface area (Å²) >= 11 is 0. The quantitative estimate of drug-likeness (QED) is 0.428. The zero-order valence-corrected chi connectivity index (χ0v) is 15.2. The number of benzene rings is 1. The van der Waals surface area contributed by atoms with Crippen LogP contribution < -0.4 is 10.6 Å². The summed E-state index contributed by atoms with van der Waals surface area (Å²) in [7, 11) is 1.78. The fourth-order valence-electron chi connectivity index (χ4n) is 2.77. The minimum Gasteiger partial charge on any atom is -0.379 e. The van der Waals surface area contributed by atoms with Crippen molar-refractivity contribution in [2.75, 3.05) is 33.4 Å². The van der Waals surface area contributed by atoms with E-state index in [1.54, 1.807) is 13.2 Å². The summed E-state index contributed by atoms with van der Waals surface area (Å²) in [5.74, 6) is 0.797. The van der Waals surface area contributed by atoms with Crippen molar-refractivity contribution < 1.29 is 9.47 Å². The van der Waals surface area contributed by atoms with Crippen LogP contribution in [0.25, 0.3) is 5.69 Å². The molecule has 1 aromatic carbocycles. The van der Waals surface area contributed by atoms with Crippen LogP contribution in [0.4, 0.5) is 0 Å². The van der Waals surface area contributed by atoms with Gasteiger partial charge in [0.2, 0.25) is 0 Å². The van der Waals surface area contributed by atoms with Crippen molar-refractivity contribution >= 4 is 5.96 Å². The van der Waals surface area contributed by atoms with E-state index in [4.69, 9.17) is 9.47 Å². The summed E-state index contributed by atoms with van der Waals surface area (Å²) < 4.78 is 12.9. The Morgan fingerprint density at radius 2 is 2.23 bits per heavy atom. The highest BCUT2D eigenvalue weighted by molar-refractivity contribution is 5.79. The highest BCUT2D eigenvalue weighted by Crippen LogP contribution is 2.09. The Morgan fingerprint density at radius 1 is 1.35 bits per heavy atom. The highest BCUT2D eigenvalue weighted by Gasteiger charge is 2.15. The van der Waals surface area contributed by atoms with E-state index in [9.17, 15) is 0 Å². The lowest BCUT2D eigenvalue weighted by Crippen LogP contribution is -2.37. The van der Waals surface area contributed by atoms with Gasteiger partial charge in [-0.1, -0.05) is 12.1 Å². The van der Waals surface area contributed by atoms with Gasteiger partial charge in [-0.05, 0) is 36.6 Å². The van der Waals surface area contributed by atoms with Gasteiger partial charge in [0.05, 0.1) is 18.4 Å². The molecule has 1 aliphatic heterocycles. The topological polar surface area (TPSA) is 72.7 Å². The van der Waals surface area contributed by atoms with Gasteiger partial charge in [0.25, 0.3) is 0 Å². The summed E-state index contributed by atoms with van der Waals surface area (Å²) in [4.78, 5) is 4.26. The van der Waals surface area contributed by atoms with Crippen molar-refractivity contribution in [1.29, 1.82) is 0 Å². The number of ether oxygens (including phenoxy) is 2. The van der Waals surface area contributed by atoms with Gasteiger partial charge in [0, 0.05) is 45.7 Å². The SMILES string of the molecule is CN=C(NCCCOC1CCOC1)NCc1ccc(-n2cccn2)cc1. The monoisotopic (exact) mass is 357 g/mol. The Labute approximate surface area is 154 Å². The van der Waals surface area contributed by atoms with E-state index in [0.29, 0.717) is 0 Å². The van der Waals surface area contributed by atoms with Crippen molar-refractivity contribution in [3.63, 3.8) is 0 Å². The zero-order valence-electron chi connectivity index (χ0n) is 15.2. The maximum absolute atomic E-state index is 5.76. The number of hydrogen-bond donors (Lipinski definition) is 2. The van der Waals surface area contributed by atoms with Gasteiger partial charge in [-0.3, -0.25) is 4.99 Å². The summed E-state index contributed by atoms with van der Waals surface area (Å²) in [6.45, 7) is 3.84. The predicted molar refractivity (Wildman–Crippen MR) is 102 cm³/mol. The summed E-state index contributed by atoms with van der Waals surface area (Å²) in [5, 5.41) is 10.9. The van der Waals surface area contributed by atoms with Crippen LogP contribution in [0.5, 0.6) is 0 Å². The predicted octanol–water partition coefficient (Wildman–Crippen LogP) is 1.73. The molecule has 0 bridgehead atoms. The summed E-state index contributed by atoms with van der Waals surface area (Å²) in [5.41, 5.74) is 2.24. The lowest BCUT2D eigenvalue weighted by molar-refractivity contribution is 0.0420. The molecule has 1 fully saturated rings. The van der Waals surface area contributed by atoms with Gasteiger partial charge >= 0.3 is 0 Å². The lowest BCUT2D eigenvalue weighted by atomic mass is 10.2. The third kappa shape index (κ3) is 5.57. The van der Waals surface area contributed by atoms with Gasteiger partial charge in [-0.2, -0.15) is 5.10 Å². The molecular weight excluding hydrogens is 330 g/mol. The molecule has 26 heavy (non-hydrogen) atoms. The molecule has 1 atom stereocenters. The van der Waals surface area contributed by atoms with Crippen molar-refractivity contribution in [1.82, 2.24) is 20.4 Å². The molecule has 0 aliphatic carbocycles. The van der Waals surface area contributed by atoms with Gasteiger partial charge < -0.3 is 20.1 Å². The number of nitrogens with zero attached hydrogens (tertiary/aromatic N) is 3. The Morgan fingerprint density at radius 3 is 2.92 bits per heavy atom. The van der Waals surface area contributed by atoms with Crippen LogP contribution in [0.1, 0.15) is 18.4 Å². The van der Waals surface area contributed by atoms with Gasteiger partial charge in [-0.15, -0.1) is 0 Å². The van der Waals surface area contributed by atoms with Crippen LogP contribution in [0, 0.1) is 0 Å². The Balaban J connectivity index is 1.34. The molecule has 0 radical (unpaired) electrons. The summed E-state index contributed by atoms with van der Waals surface area (Å²) in [6.07, 6.45) is 5.93. The number of hydrogen-bond acceptors (Lipinski definition) is 4. The minimum absolute atomic E-state index is 0.275. The number of aromatic nitrogens is 2. The molecule has 2 N–H and O–H groups in total. The van der Waals surface area contributed by atoms with E-state index in [2.05, 4.69) is 45.0 Å². The molecule has 1 aromatic heterocycles. The molecule has 0 amide bonds. The first-order valence-corrected chi connectivity index (χ1v) is 9.08. The van der Waals surface area contributed by atoms with Crippen LogP contribution in [-0.2, 0) is 16.0 Å². The lowest BCUT2D eigenvalue weighted by Gasteiger charge is -2.13. The Hall–Kier alpha value is -2.38. The Bertz CT molecular complexity index is 664. The first-order chi connectivity index (χ1) is 12.8. The van der Waals surface area contributed by atoms with Crippen LogP contribution >= 0.6 is 0 Å². The standard InChI is InChI=1S/C19H27N5O2/c1-20-19(21-9-3-12-26-18-8-13-25-15-18)22-14-16-4-6-17(7-5-16)24-11-2-10-23-24/h2,4-7,10-11,18H,3,8-9,12-15H2,1H3,(H2,20,21,22). The average molecular weight is 357 g/mol. The second-order valence-electron chi connectivity index (χ2n) is 6.18. The van der Waals surface area contributed by atoms with Crippen LogP contribution in [0.3, 0.4) is 0 Å². The van der Waals surface area contributed by atoms with Crippen molar-refractivity contribution in [3.8, 4) is 5.69 Å². The number of guanidine groups is 1. The molecule has 2 heterocycles. The molecule has 0 spiro atoms.